The van der Waals surface area contributed by atoms with Crippen LogP contribution >= 0.6 is 23.2 Å². The average Bonchev–Trinajstić information content (AvgIpc) is 3.00. The quantitative estimate of drug-likeness (QED) is 0.446. The third kappa shape index (κ3) is 4.22. The Labute approximate surface area is 196 Å². The summed E-state index contributed by atoms with van der Waals surface area (Å²) in [6.45, 7) is 4.31. The Morgan fingerprint density at radius 3 is 2.28 bits per heavy atom. The maximum atomic E-state index is 13.5. The predicted molar refractivity (Wildman–Crippen MR) is 128 cm³/mol. The minimum absolute atomic E-state index is 0.185. The summed E-state index contributed by atoms with van der Waals surface area (Å²) < 4.78 is 5.50. The third-order valence-electron chi connectivity index (χ3n) is 5.05. The van der Waals surface area contributed by atoms with E-state index in [1.165, 1.54) is 0 Å². The van der Waals surface area contributed by atoms with E-state index >= 15 is 0 Å². The Bertz CT molecular complexity index is 1240. The zero-order valence-corrected chi connectivity index (χ0v) is 19.0. The summed E-state index contributed by atoms with van der Waals surface area (Å²) in [4.78, 5) is 28.1. The van der Waals surface area contributed by atoms with Crippen LogP contribution in [0.4, 0.5) is 11.4 Å². The minimum Gasteiger partial charge on any atom is -0.494 e. The van der Waals surface area contributed by atoms with Crippen molar-refractivity contribution < 1.29 is 14.3 Å². The van der Waals surface area contributed by atoms with Crippen LogP contribution < -0.4 is 15.0 Å². The smallest absolute Gasteiger partial charge is 0.282 e. The first-order valence-corrected chi connectivity index (χ1v) is 10.8. The number of benzene rings is 3. The van der Waals surface area contributed by atoms with Crippen LogP contribution in [0.1, 0.15) is 18.1 Å². The monoisotopic (exact) mass is 466 g/mol. The predicted octanol–water partition coefficient (Wildman–Crippen LogP) is 6.10. The Balaban J connectivity index is 1.81. The fraction of sp³-hybridized carbons (Fsp3) is 0.120. The van der Waals surface area contributed by atoms with Crippen LogP contribution in [-0.4, -0.2) is 18.4 Å². The van der Waals surface area contributed by atoms with Crippen LogP contribution in [0.3, 0.4) is 0 Å². The summed E-state index contributed by atoms with van der Waals surface area (Å²) in [7, 11) is 0. The van der Waals surface area contributed by atoms with Crippen molar-refractivity contribution in [2.24, 2.45) is 0 Å². The van der Waals surface area contributed by atoms with Gasteiger partial charge < -0.3 is 10.1 Å². The standard InChI is InChI=1S/C25H20Cl2N2O3/c1-3-32-20-10-7-16(8-11-20)22-23(28-21-12-9-18(27)13-15(21)2)25(31)29(24(22)30)19-6-4-5-17(26)14-19/h4-14,28H,3H2,1-2H3. The molecule has 0 bridgehead atoms. The molecule has 0 fully saturated rings. The molecule has 3 aromatic rings. The molecule has 0 spiro atoms. The highest BCUT2D eigenvalue weighted by molar-refractivity contribution is 6.46. The molecule has 2 amide bonds. The van der Waals surface area contributed by atoms with E-state index in [-0.39, 0.29) is 11.3 Å². The first kappa shape index (κ1) is 21.9. The number of nitrogens with one attached hydrogen (secondary N) is 1. The summed E-state index contributed by atoms with van der Waals surface area (Å²) in [6.07, 6.45) is 0. The maximum absolute atomic E-state index is 13.5. The molecule has 0 unspecified atom stereocenters. The SMILES string of the molecule is CCOc1ccc(C2=C(Nc3ccc(Cl)cc3C)C(=O)N(c3cccc(Cl)c3)C2=O)cc1. The number of halogens is 2. The topological polar surface area (TPSA) is 58.6 Å². The van der Waals surface area contributed by atoms with Crippen molar-refractivity contribution in [1.82, 2.24) is 0 Å². The van der Waals surface area contributed by atoms with Crippen LogP contribution in [0, 0.1) is 6.92 Å². The molecule has 0 aliphatic carbocycles. The molecule has 0 saturated carbocycles. The van der Waals surface area contributed by atoms with Crippen LogP contribution in [0.5, 0.6) is 5.75 Å². The largest absolute Gasteiger partial charge is 0.494 e. The van der Waals surface area contributed by atoms with Gasteiger partial charge in [0, 0.05) is 15.7 Å². The molecule has 0 saturated heterocycles. The van der Waals surface area contributed by atoms with Gasteiger partial charge >= 0.3 is 0 Å². The molecule has 0 atom stereocenters. The molecule has 3 aromatic carbocycles. The molecule has 32 heavy (non-hydrogen) atoms. The van der Waals surface area contributed by atoms with Gasteiger partial charge in [0.1, 0.15) is 11.4 Å². The van der Waals surface area contributed by atoms with Crippen molar-refractivity contribution in [3.63, 3.8) is 0 Å². The van der Waals surface area contributed by atoms with E-state index in [2.05, 4.69) is 5.32 Å². The third-order valence-corrected chi connectivity index (χ3v) is 5.52. The van der Waals surface area contributed by atoms with Gasteiger partial charge in [0.15, 0.2) is 0 Å². The molecule has 0 radical (unpaired) electrons. The number of hydrogen-bond donors (Lipinski definition) is 1. The van der Waals surface area contributed by atoms with Gasteiger partial charge in [-0.05, 0) is 73.5 Å². The van der Waals surface area contributed by atoms with Crippen molar-refractivity contribution in [2.75, 3.05) is 16.8 Å². The van der Waals surface area contributed by atoms with Crippen molar-refractivity contribution in [1.29, 1.82) is 0 Å². The van der Waals surface area contributed by atoms with E-state index in [1.54, 1.807) is 66.7 Å². The number of carbonyl (C=O) groups is 2. The number of carbonyl (C=O) groups excluding carboxylic acids is 2. The van der Waals surface area contributed by atoms with E-state index in [4.69, 9.17) is 27.9 Å². The summed E-state index contributed by atoms with van der Waals surface area (Å²) in [5, 5.41) is 4.18. The zero-order chi connectivity index (χ0) is 22.8. The first-order chi connectivity index (χ1) is 15.4. The Morgan fingerprint density at radius 1 is 0.906 bits per heavy atom. The highest BCUT2D eigenvalue weighted by atomic mass is 35.5. The van der Waals surface area contributed by atoms with Crippen LogP contribution in [0.2, 0.25) is 10.0 Å². The van der Waals surface area contributed by atoms with E-state index < -0.39 is 11.8 Å². The van der Waals surface area contributed by atoms with Crippen LogP contribution in [0.15, 0.2) is 72.4 Å². The first-order valence-electron chi connectivity index (χ1n) is 10.0. The summed E-state index contributed by atoms with van der Waals surface area (Å²) in [5.74, 6) is -0.214. The Morgan fingerprint density at radius 2 is 1.62 bits per heavy atom. The van der Waals surface area contributed by atoms with Crippen molar-refractivity contribution in [3.8, 4) is 5.75 Å². The second-order valence-electron chi connectivity index (χ2n) is 7.22. The maximum Gasteiger partial charge on any atom is 0.282 e. The van der Waals surface area contributed by atoms with Crippen molar-refractivity contribution in [3.05, 3.63) is 93.6 Å². The van der Waals surface area contributed by atoms with Crippen molar-refractivity contribution in [2.45, 2.75) is 13.8 Å². The number of amides is 2. The van der Waals surface area contributed by atoms with Crippen molar-refractivity contribution >= 4 is 52.0 Å². The van der Waals surface area contributed by atoms with E-state index in [1.807, 2.05) is 13.8 Å². The number of anilines is 2. The Hall–Kier alpha value is -3.28. The van der Waals surface area contributed by atoms with E-state index in [0.29, 0.717) is 39.3 Å². The van der Waals surface area contributed by atoms with Gasteiger partial charge in [-0.2, -0.15) is 0 Å². The van der Waals surface area contributed by atoms with Gasteiger partial charge in [-0.3, -0.25) is 9.59 Å². The van der Waals surface area contributed by atoms with Crippen LogP contribution in [-0.2, 0) is 9.59 Å². The number of rotatable bonds is 6. The van der Waals surface area contributed by atoms with Gasteiger partial charge in [-0.25, -0.2) is 4.90 Å². The highest BCUT2D eigenvalue weighted by Gasteiger charge is 2.40. The zero-order valence-electron chi connectivity index (χ0n) is 17.5. The molecule has 4 rings (SSSR count). The Kier molecular flexibility index (Phi) is 6.21. The molecular formula is C25H20Cl2N2O3. The van der Waals surface area contributed by atoms with Gasteiger partial charge in [-0.1, -0.05) is 41.4 Å². The number of hydrogen-bond acceptors (Lipinski definition) is 4. The van der Waals surface area contributed by atoms with E-state index in [9.17, 15) is 9.59 Å². The van der Waals surface area contributed by atoms with Gasteiger partial charge in [0.25, 0.3) is 11.8 Å². The lowest BCUT2D eigenvalue weighted by Crippen LogP contribution is -2.32. The van der Waals surface area contributed by atoms with Crippen LogP contribution in [0.25, 0.3) is 5.57 Å². The second-order valence-corrected chi connectivity index (χ2v) is 8.09. The molecule has 1 aliphatic rings. The van der Waals surface area contributed by atoms with Gasteiger partial charge in [0.2, 0.25) is 0 Å². The normalized spacial score (nSPS) is 13.7. The second kappa shape index (κ2) is 9.07. The average molecular weight is 467 g/mol. The lowest BCUT2D eigenvalue weighted by molar-refractivity contribution is -0.120. The lowest BCUT2D eigenvalue weighted by Gasteiger charge is -2.16. The highest BCUT2D eigenvalue weighted by Crippen LogP contribution is 2.35. The molecule has 5 nitrogen and oxygen atoms in total. The number of imide groups is 1. The number of ether oxygens (including phenoxy) is 1. The molecule has 1 aliphatic heterocycles. The summed E-state index contributed by atoms with van der Waals surface area (Å²) in [6, 6.07) is 19.0. The summed E-state index contributed by atoms with van der Waals surface area (Å²) >= 11 is 12.2. The molecular weight excluding hydrogens is 447 g/mol. The fourth-order valence-electron chi connectivity index (χ4n) is 3.55. The minimum atomic E-state index is -0.462. The molecule has 1 heterocycles. The molecule has 162 valence electrons. The number of aryl methyl sites for hydroxylation is 1. The fourth-order valence-corrected chi connectivity index (χ4v) is 3.96. The lowest BCUT2D eigenvalue weighted by atomic mass is 10.0. The number of nitrogens with zero attached hydrogens (tertiary/aromatic N) is 1. The van der Waals surface area contributed by atoms with E-state index in [0.717, 1.165) is 10.5 Å². The molecule has 7 heteroatoms. The molecule has 0 aromatic heterocycles. The summed E-state index contributed by atoms with van der Waals surface area (Å²) in [5.41, 5.74) is 2.99. The molecule has 1 N–H and O–H groups in total. The van der Waals surface area contributed by atoms with Gasteiger partial charge in [-0.15, -0.1) is 0 Å². The van der Waals surface area contributed by atoms with Gasteiger partial charge in [0.05, 0.1) is 17.9 Å².